The van der Waals surface area contributed by atoms with Gasteiger partial charge in [-0.3, -0.25) is 5.10 Å². The second-order valence-electron chi connectivity index (χ2n) is 4.17. The molecular formula is C14H13N3O. The Hall–Kier alpha value is -2.36. The van der Waals surface area contributed by atoms with Crippen LogP contribution in [0.4, 0.5) is 0 Å². The van der Waals surface area contributed by atoms with Crippen molar-refractivity contribution in [3.05, 3.63) is 42.1 Å². The van der Waals surface area contributed by atoms with Crippen molar-refractivity contribution in [2.24, 2.45) is 0 Å². The highest BCUT2D eigenvalue weighted by molar-refractivity contribution is 5.80. The molecule has 0 spiro atoms. The molecule has 2 aromatic heterocycles. The van der Waals surface area contributed by atoms with E-state index in [9.17, 15) is 5.11 Å². The first-order chi connectivity index (χ1) is 8.78. The Morgan fingerprint density at radius 3 is 2.61 bits per heavy atom. The van der Waals surface area contributed by atoms with Crippen LogP contribution in [0.2, 0.25) is 0 Å². The number of H-pyrrole nitrogens is 1. The third-order valence-electron chi connectivity index (χ3n) is 3.01. The van der Waals surface area contributed by atoms with E-state index in [0.717, 1.165) is 34.4 Å². The Kier molecular flexibility index (Phi) is 2.48. The van der Waals surface area contributed by atoms with Crippen molar-refractivity contribution in [2.45, 2.75) is 13.3 Å². The van der Waals surface area contributed by atoms with Crippen LogP contribution in [0, 0.1) is 0 Å². The SMILES string of the molecule is CCc1[nH]nc2nc(-c3ccc(O)cc3)ccc12. The molecule has 0 unspecified atom stereocenters. The zero-order valence-corrected chi connectivity index (χ0v) is 10.0. The number of pyridine rings is 1. The van der Waals surface area contributed by atoms with Crippen LogP contribution in [-0.4, -0.2) is 20.3 Å². The standard InChI is InChI=1S/C14H13N3O/c1-2-12-11-7-8-13(15-14(11)17-16-12)9-3-5-10(18)6-4-9/h3-8,18H,2H2,1H3,(H,15,16,17). The number of phenols is 1. The molecule has 3 aromatic rings. The van der Waals surface area contributed by atoms with Crippen LogP contribution < -0.4 is 0 Å². The van der Waals surface area contributed by atoms with Crippen LogP contribution in [-0.2, 0) is 6.42 Å². The summed E-state index contributed by atoms with van der Waals surface area (Å²) in [5, 5.41) is 17.5. The fraction of sp³-hybridized carbons (Fsp3) is 0.143. The summed E-state index contributed by atoms with van der Waals surface area (Å²) in [5.41, 5.74) is 3.67. The molecule has 0 saturated heterocycles. The monoisotopic (exact) mass is 239 g/mol. The maximum atomic E-state index is 9.27. The highest BCUT2D eigenvalue weighted by atomic mass is 16.3. The molecule has 2 N–H and O–H groups in total. The molecule has 90 valence electrons. The average Bonchev–Trinajstić information content (AvgIpc) is 2.81. The fourth-order valence-corrected chi connectivity index (χ4v) is 2.01. The molecule has 0 aliphatic heterocycles. The third kappa shape index (κ3) is 1.72. The van der Waals surface area contributed by atoms with E-state index in [2.05, 4.69) is 22.1 Å². The maximum Gasteiger partial charge on any atom is 0.181 e. The van der Waals surface area contributed by atoms with E-state index in [1.807, 2.05) is 24.3 Å². The molecule has 0 atom stereocenters. The largest absolute Gasteiger partial charge is 0.508 e. The number of nitrogens with zero attached hydrogens (tertiary/aromatic N) is 2. The minimum absolute atomic E-state index is 0.257. The molecule has 0 amide bonds. The minimum Gasteiger partial charge on any atom is -0.508 e. The van der Waals surface area contributed by atoms with Gasteiger partial charge in [0.25, 0.3) is 0 Å². The van der Waals surface area contributed by atoms with Crippen molar-refractivity contribution in [2.75, 3.05) is 0 Å². The van der Waals surface area contributed by atoms with Crippen LogP contribution in [0.25, 0.3) is 22.3 Å². The first kappa shape index (κ1) is 10.8. The lowest BCUT2D eigenvalue weighted by molar-refractivity contribution is 0.475. The molecule has 0 aliphatic carbocycles. The lowest BCUT2D eigenvalue weighted by Gasteiger charge is -2.01. The Morgan fingerprint density at radius 2 is 1.89 bits per heavy atom. The van der Waals surface area contributed by atoms with Crippen LogP contribution in [0.1, 0.15) is 12.6 Å². The van der Waals surface area contributed by atoms with Crippen LogP contribution >= 0.6 is 0 Å². The predicted molar refractivity (Wildman–Crippen MR) is 70.4 cm³/mol. The van der Waals surface area contributed by atoms with E-state index in [0.29, 0.717) is 0 Å². The van der Waals surface area contributed by atoms with Gasteiger partial charge in [-0.05, 0) is 42.8 Å². The molecule has 18 heavy (non-hydrogen) atoms. The topological polar surface area (TPSA) is 61.8 Å². The number of aromatic nitrogens is 3. The molecule has 0 bridgehead atoms. The summed E-state index contributed by atoms with van der Waals surface area (Å²) in [7, 11) is 0. The zero-order chi connectivity index (χ0) is 12.5. The Bertz CT molecular complexity index is 686. The van der Waals surface area contributed by atoms with Crippen LogP contribution in [0.3, 0.4) is 0 Å². The number of hydrogen-bond acceptors (Lipinski definition) is 3. The minimum atomic E-state index is 0.257. The second-order valence-corrected chi connectivity index (χ2v) is 4.17. The average molecular weight is 239 g/mol. The van der Waals surface area contributed by atoms with Crippen molar-refractivity contribution in [1.82, 2.24) is 15.2 Å². The number of benzene rings is 1. The van der Waals surface area contributed by atoms with Gasteiger partial charge in [-0.15, -0.1) is 0 Å². The van der Waals surface area contributed by atoms with Gasteiger partial charge in [-0.2, -0.15) is 5.10 Å². The van der Waals surface area contributed by atoms with E-state index in [1.165, 1.54) is 0 Å². The highest BCUT2D eigenvalue weighted by Gasteiger charge is 2.07. The van der Waals surface area contributed by atoms with Gasteiger partial charge in [0, 0.05) is 16.6 Å². The summed E-state index contributed by atoms with van der Waals surface area (Å²) in [4.78, 5) is 4.52. The van der Waals surface area contributed by atoms with Crippen molar-refractivity contribution >= 4 is 11.0 Å². The fourth-order valence-electron chi connectivity index (χ4n) is 2.01. The van der Waals surface area contributed by atoms with Gasteiger partial charge in [0.15, 0.2) is 5.65 Å². The van der Waals surface area contributed by atoms with Crippen LogP contribution in [0.15, 0.2) is 36.4 Å². The number of fused-ring (bicyclic) bond motifs is 1. The lowest BCUT2D eigenvalue weighted by Crippen LogP contribution is -1.84. The van der Waals surface area contributed by atoms with Gasteiger partial charge in [0.1, 0.15) is 5.75 Å². The number of aryl methyl sites for hydroxylation is 1. The number of aromatic amines is 1. The van der Waals surface area contributed by atoms with E-state index >= 15 is 0 Å². The Balaban J connectivity index is 2.10. The van der Waals surface area contributed by atoms with Gasteiger partial charge in [-0.25, -0.2) is 4.98 Å². The quantitative estimate of drug-likeness (QED) is 0.722. The van der Waals surface area contributed by atoms with Crippen molar-refractivity contribution < 1.29 is 5.11 Å². The Morgan fingerprint density at radius 1 is 1.11 bits per heavy atom. The molecule has 4 nitrogen and oxygen atoms in total. The number of aromatic hydroxyl groups is 1. The number of hydrogen-bond donors (Lipinski definition) is 2. The highest BCUT2D eigenvalue weighted by Crippen LogP contribution is 2.23. The lowest BCUT2D eigenvalue weighted by atomic mass is 10.1. The van der Waals surface area contributed by atoms with Crippen molar-refractivity contribution in [3.63, 3.8) is 0 Å². The second kappa shape index (κ2) is 4.14. The van der Waals surface area contributed by atoms with Crippen molar-refractivity contribution in [1.29, 1.82) is 0 Å². The van der Waals surface area contributed by atoms with E-state index in [-0.39, 0.29) is 5.75 Å². The van der Waals surface area contributed by atoms with Gasteiger partial charge in [0.2, 0.25) is 0 Å². The first-order valence-electron chi connectivity index (χ1n) is 5.91. The van der Waals surface area contributed by atoms with E-state index in [4.69, 9.17) is 0 Å². The number of rotatable bonds is 2. The molecule has 1 aromatic carbocycles. The normalized spacial score (nSPS) is 10.9. The molecular weight excluding hydrogens is 226 g/mol. The molecule has 0 radical (unpaired) electrons. The van der Waals surface area contributed by atoms with Gasteiger partial charge in [0.05, 0.1) is 5.69 Å². The number of nitrogens with one attached hydrogen (secondary N) is 1. The molecule has 0 saturated carbocycles. The first-order valence-corrected chi connectivity index (χ1v) is 5.91. The van der Waals surface area contributed by atoms with Crippen LogP contribution in [0.5, 0.6) is 5.75 Å². The predicted octanol–water partition coefficient (Wildman–Crippen LogP) is 2.89. The smallest absolute Gasteiger partial charge is 0.181 e. The summed E-state index contributed by atoms with van der Waals surface area (Å²) in [5.74, 6) is 0.257. The van der Waals surface area contributed by atoms with Gasteiger partial charge >= 0.3 is 0 Å². The zero-order valence-electron chi connectivity index (χ0n) is 10.0. The molecule has 2 heterocycles. The Labute approximate surface area is 104 Å². The molecule has 0 fully saturated rings. The van der Waals surface area contributed by atoms with Crippen molar-refractivity contribution in [3.8, 4) is 17.0 Å². The number of phenolic OH excluding ortho intramolecular Hbond substituents is 1. The van der Waals surface area contributed by atoms with Gasteiger partial charge < -0.3 is 5.11 Å². The summed E-state index contributed by atoms with van der Waals surface area (Å²) in [6.45, 7) is 2.08. The molecule has 0 aliphatic rings. The van der Waals surface area contributed by atoms with E-state index in [1.54, 1.807) is 12.1 Å². The maximum absolute atomic E-state index is 9.27. The summed E-state index contributed by atoms with van der Waals surface area (Å²) >= 11 is 0. The van der Waals surface area contributed by atoms with E-state index < -0.39 is 0 Å². The third-order valence-corrected chi connectivity index (χ3v) is 3.01. The summed E-state index contributed by atoms with van der Waals surface area (Å²) in [6.07, 6.45) is 0.913. The molecule has 3 rings (SSSR count). The van der Waals surface area contributed by atoms with Gasteiger partial charge in [-0.1, -0.05) is 6.92 Å². The molecule has 4 heteroatoms. The summed E-state index contributed by atoms with van der Waals surface area (Å²) < 4.78 is 0. The summed E-state index contributed by atoms with van der Waals surface area (Å²) in [6, 6.07) is 11.0.